The number of rotatable bonds is 6. The summed E-state index contributed by atoms with van der Waals surface area (Å²) < 4.78 is 1.74. The average Bonchev–Trinajstić information content (AvgIpc) is 3.50. The largest absolute Gasteiger partial charge is 0.355 e. The number of aromatic nitrogens is 6. The topological polar surface area (TPSA) is 103 Å². The van der Waals surface area contributed by atoms with E-state index in [0.29, 0.717) is 33.0 Å². The van der Waals surface area contributed by atoms with Crippen molar-refractivity contribution in [2.75, 3.05) is 31.1 Å². The molecule has 2 fully saturated rings. The summed E-state index contributed by atoms with van der Waals surface area (Å²) in [7, 11) is 0. The Morgan fingerprint density at radius 3 is 2.81 bits per heavy atom. The fourth-order valence-electron chi connectivity index (χ4n) is 5.58. The second kappa shape index (κ2) is 9.93. The highest BCUT2D eigenvalue weighted by Crippen LogP contribution is 2.35. The second-order valence-electron chi connectivity index (χ2n) is 9.99. The molecule has 0 bridgehead atoms. The number of nitrogens with zero attached hydrogens (tertiary/aromatic N) is 8. The SMILES string of the molecule is CC(c1ccc(Cl)cc1Cl)n1nc(C#N)c2ncc(N3CC(C4CCCN(Cc5ncc[nH]5)C4)C3)nc21. The second-order valence-corrected chi connectivity index (χ2v) is 10.8. The summed E-state index contributed by atoms with van der Waals surface area (Å²) in [6.45, 7) is 6.99. The third-order valence-electron chi connectivity index (χ3n) is 7.65. The van der Waals surface area contributed by atoms with Crippen LogP contribution >= 0.6 is 23.2 Å². The first-order valence-corrected chi connectivity index (χ1v) is 13.3. The van der Waals surface area contributed by atoms with Crippen LogP contribution in [-0.2, 0) is 6.54 Å². The van der Waals surface area contributed by atoms with Gasteiger partial charge in [0.25, 0.3) is 0 Å². The summed E-state index contributed by atoms with van der Waals surface area (Å²) in [5, 5.41) is 15.3. The molecular weight excluding hydrogens is 509 g/mol. The van der Waals surface area contributed by atoms with E-state index in [4.69, 9.17) is 28.2 Å². The lowest BCUT2D eigenvalue weighted by Crippen LogP contribution is -2.53. The molecule has 190 valence electrons. The van der Waals surface area contributed by atoms with Crippen molar-refractivity contribution in [3.05, 3.63) is 63.9 Å². The zero-order chi connectivity index (χ0) is 25.5. The number of likely N-dealkylation sites (tertiary alicyclic amines) is 1. The van der Waals surface area contributed by atoms with E-state index >= 15 is 0 Å². The number of fused-ring (bicyclic) bond motifs is 1. The Labute approximate surface area is 225 Å². The minimum atomic E-state index is -0.245. The number of piperidine rings is 1. The smallest absolute Gasteiger partial charge is 0.190 e. The van der Waals surface area contributed by atoms with Gasteiger partial charge in [-0.25, -0.2) is 19.6 Å². The molecule has 3 aromatic heterocycles. The molecule has 0 radical (unpaired) electrons. The van der Waals surface area contributed by atoms with Gasteiger partial charge >= 0.3 is 0 Å². The lowest BCUT2D eigenvalue weighted by atomic mass is 9.80. The number of imidazole rings is 1. The van der Waals surface area contributed by atoms with Gasteiger partial charge in [-0.15, -0.1) is 0 Å². The van der Waals surface area contributed by atoms with Crippen molar-refractivity contribution in [2.24, 2.45) is 11.8 Å². The molecule has 11 heteroatoms. The van der Waals surface area contributed by atoms with Gasteiger partial charge in [0.1, 0.15) is 23.2 Å². The van der Waals surface area contributed by atoms with Crippen molar-refractivity contribution in [2.45, 2.75) is 32.4 Å². The highest BCUT2D eigenvalue weighted by atomic mass is 35.5. The molecule has 2 aliphatic heterocycles. The number of anilines is 1. The van der Waals surface area contributed by atoms with E-state index in [1.54, 1.807) is 23.0 Å². The van der Waals surface area contributed by atoms with Crippen molar-refractivity contribution >= 4 is 40.2 Å². The summed E-state index contributed by atoms with van der Waals surface area (Å²) in [6.07, 6.45) is 7.93. The van der Waals surface area contributed by atoms with E-state index < -0.39 is 0 Å². The molecule has 5 heterocycles. The van der Waals surface area contributed by atoms with E-state index in [2.05, 4.69) is 35.9 Å². The van der Waals surface area contributed by atoms with Crippen molar-refractivity contribution in [3.8, 4) is 6.07 Å². The van der Waals surface area contributed by atoms with Crippen LogP contribution in [0.2, 0.25) is 10.0 Å². The molecule has 2 atom stereocenters. The molecule has 9 nitrogen and oxygen atoms in total. The van der Waals surface area contributed by atoms with Gasteiger partial charge in [0.15, 0.2) is 11.3 Å². The van der Waals surface area contributed by atoms with Crippen LogP contribution in [0.25, 0.3) is 11.2 Å². The number of halogens is 2. The molecule has 4 aromatic rings. The number of nitrogens with one attached hydrogen (secondary N) is 1. The average molecular weight is 536 g/mol. The number of nitriles is 1. The third kappa shape index (κ3) is 4.65. The fraction of sp³-hybridized carbons (Fsp3) is 0.423. The molecule has 2 unspecified atom stereocenters. The maximum atomic E-state index is 9.65. The maximum Gasteiger partial charge on any atom is 0.190 e. The van der Waals surface area contributed by atoms with Gasteiger partial charge < -0.3 is 9.88 Å². The van der Waals surface area contributed by atoms with Crippen LogP contribution in [0.15, 0.2) is 36.8 Å². The minimum Gasteiger partial charge on any atom is -0.355 e. The van der Waals surface area contributed by atoms with E-state index in [1.165, 1.54) is 12.8 Å². The zero-order valence-corrected chi connectivity index (χ0v) is 22.0. The summed E-state index contributed by atoms with van der Waals surface area (Å²) in [5.41, 5.74) is 2.19. The minimum absolute atomic E-state index is 0.245. The molecule has 0 saturated carbocycles. The highest BCUT2D eigenvalue weighted by molar-refractivity contribution is 6.35. The molecular formula is C26H27Cl2N9. The van der Waals surface area contributed by atoms with E-state index in [0.717, 1.165) is 49.9 Å². The van der Waals surface area contributed by atoms with Crippen LogP contribution in [0.3, 0.4) is 0 Å². The van der Waals surface area contributed by atoms with Gasteiger partial charge in [-0.2, -0.15) is 10.4 Å². The van der Waals surface area contributed by atoms with Crippen LogP contribution in [0.1, 0.15) is 42.9 Å². The van der Waals surface area contributed by atoms with Gasteiger partial charge in [-0.05, 0) is 55.8 Å². The normalized spacial score (nSPS) is 19.6. The first kappa shape index (κ1) is 24.2. The Balaban J connectivity index is 1.19. The lowest BCUT2D eigenvalue weighted by Gasteiger charge is -2.47. The first-order valence-electron chi connectivity index (χ1n) is 12.6. The Bertz CT molecular complexity index is 1450. The summed E-state index contributed by atoms with van der Waals surface area (Å²) in [4.78, 5) is 21.9. The molecule has 0 aliphatic carbocycles. The summed E-state index contributed by atoms with van der Waals surface area (Å²) in [6, 6.07) is 7.30. The first-order chi connectivity index (χ1) is 18.0. The number of aromatic amines is 1. The third-order valence-corrected chi connectivity index (χ3v) is 8.21. The monoisotopic (exact) mass is 535 g/mol. The number of hydrogen-bond donors (Lipinski definition) is 1. The maximum absolute atomic E-state index is 9.65. The molecule has 2 aliphatic rings. The van der Waals surface area contributed by atoms with Gasteiger partial charge in [0, 0.05) is 42.1 Å². The van der Waals surface area contributed by atoms with Gasteiger partial charge in [0.05, 0.1) is 18.8 Å². The standard InChI is InChI=1S/C26H27Cl2N9/c1-16(20-5-4-19(27)9-21(20)28)37-26-25(22(10-29)34-37)32-11-24(33-26)36-13-18(14-36)17-3-2-8-35(12-17)15-23-30-6-7-31-23/h4-7,9,11,16-18H,2-3,8,12-15H2,1H3,(H,30,31). The predicted octanol–water partition coefficient (Wildman–Crippen LogP) is 4.69. The van der Waals surface area contributed by atoms with E-state index in [1.807, 2.05) is 25.4 Å². The predicted molar refractivity (Wildman–Crippen MR) is 143 cm³/mol. The van der Waals surface area contributed by atoms with Crippen molar-refractivity contribution in [1.29, 1.82) is 5.26 Å². The quantitative estimate of drug-likeness (QED) is 0.382. The van der Waals surface area contributed by atoms with Crippen LogP contribution < -0.4 is 4.90 Å². The zero-order valence-electron chi connectivity index (χ0n) is 20.5. The molecule has 1 aromatic carbocycles. The van der Waals surface area contributed by atoms with Gasteiger partial charge in [-0.3, -0.25) is 4.90 Å². The van der Waals surface area contributed by atoms with Crippen molar-refractivity contribution in [1.82, 2.24) is 34.6 Å². The Morgan fingerprint density at radius 1 is 1.19 bits per heavy atom. The Morgan fingerprint density at radius 2 is 2.05 bits per heavy atom. The lowest BCUT2D eigenvalue weighted by molar-refractivity contribution is 0.112. The van der Waals surface area contributed by atoms with E-state index in [-0.39, 0.29) is 11.7 Å². The highest BCUT2D eigenvalue weighted by Gasteiger charge is 2.37. The molecule has 0 spiro atoms. The molecule has 6 rings (SSSR count). The van der Waals surface area contributed by atoms with Gasteiger partial charge in [0.2, 0.25) is 0 Å². The van der Waals surface area contributed by atoms with Crippen LogP contribution in [0, 0.1) is 23.2 Å². The summed E-state index contributed by atoms with van der Waals surface area (Å²) >= 11 is 12.6. The Kier molecular flexibility index (Phi) is 6.49. The van der Waals surface area contributed by atoms with Crippen molar-refractivity contribution < 1.29 is 0 Å². The van der Waals surface area contributed by atoms with Crippen LogP contribution in [-0.4, -0.2) is 60.8 Å². The molecule has 0 amide bonds. The number of hydrogen-bond acceptors (Lipinski definition) is 7. The number of H-pyrrole nitrogens is 1. The van der Waals surface area contributed by atoms with E-state index in [9.17, 15) is 5.26 Å². The summed E-state index contributed by atoms with van der Waals surface area (Å²) in [5.74, 6) is 3.14. The van der Waals surface area contributed by atoms with Crippen molar-refractivity contribution in [3.63, 3.8) is 0 Å². The van der Waals surface area contributed by atoms with Crippen LogP contribution in [0.5, 0.6) is 0 Å². The molecule has 2 saturated heterocycles. The fourth-order valence-corrected chi connectivity index (χ4v) is 6.15. The molecule has 1 N–H and O–H groups in total. The van der Waals surface area contributed by atoms with Gasteiger partial charge in [-0.1, -0.05) is 29.3 Å². The number of benzene rings is 1. The van der Waals surface area contributed by atoms with Crippen LogP contribution in [0.4, 0.5) is 5.82 Å². The molecule has 37 heavy (non-hydrogen) atoms. The Hall–Kier alpha value is -3.19.